The molecule has 0 spiro atoms. The van der Waals surface area contributed by atoms with Crippen LogP contribution in [0.2, 0.25) is 0 Å². The molecule has 2 amide bonds. The molecular weight excluding hydrogens is 579 g/mol. The third-order valence-electron chi connectivity index (χ3n) is 7.73. The maximum absolute atomic E-state index is 13.9. The zero-order valence-electron chi connectivity index (χ0n) is 24.3. The summed E-state index contributed by atoms with van der Waals surface area (Å²) in [5.41, 5.74) is 3.00. The Balaban J connectivity index is 1.37. The normalized spacial score (nSPS) is 14.2. The van der Waals surface area contributed by atoms with Crippen molar-refractivity contribution < 1.29 is 22.4 Å². The van der Waals surface area contributed by atoms with Crippen molar-refractivity contribution in [2.24, 2.45) is 0 Å². The van der Waals surface area contributed by atoms with Gasteiger partial charge in [0.25, 0.3) is 0 Å². The number of nitrogens with one attached hydrogen (secondary N) is 1. The highest BCUT2D eigenvalue weighted by atomic mass is 32.2. The first-order valence-corrected chi connectivity index (χ1v) is 16.1. The van der Waals surface area contributed by atoms with Crippen molar-refractivity contribution >= 4 is 21.8 Å². The molecule has 0 saturated carbocycles. The van der Waals surface area contributed by atoms with Gasteiger partial charge in [-0.2, -0.15) is 4.31 Å². The number of sulfonamides is 1. The van der Waals surface area contributed by atoms with Crippen LogP contribution in [0, 0.1) is 5.82 Å². The van der Waals surface area contributed by atoms with Gasteiger partial charge in [-0.1, -0.05) is 54.6 Å². The number of rotatable bonds is 12. The van der Waals surface area contributed by atoms with Gasteiger partial charge in [-0.25, -0.2) is 12.8 Å². The van der Waals surface area contributed by atoms with Gasteiger partial charge in [0, 0.05) is 45.0 Å². The molecule has 10 heteroatoms. The summed E-state index contributed by atoms with van der Waals surface area (Å²) < 4.78 is 41.0. The minimum atomic E-state index is -3.53. The van der Waals surface area contributed by atoms with Gasteiger partial charge in [0.15, 0.2) is 0 Å². The first-order valence-electron chi connectivity index (χ1n) is 14.7. The van der Waals surface area contributed by atoms with Crippen molar-refractivity contribution in [3.05, 3.63) is 131 Å². The molecule has 0 aliphatic carbocycles. The molecule has 2 heterocycles. The zero-order chi connectivity index (χ0) is 30.9. The largest absolute Gasteiger partial charge is 0.350 e. The highest BCUT2D eigenvalue weighted by Crippen LogP contribution is 2.26. The summed E-state index contributed by atoms with van der Waals surface area (Å²) in [4.78, 5) is 33.5. The van der Waals surface area contributed by atoms with Crippen LogP contribution in [0.5, 0.6) is 0 Å². The predicted octanol–water partition coefficient (Wildman–Crippen LogP) is 5.02. The van der Waals surface area contributed by atoms with Gasteiger partial charge in [0.1, 0.15) is 11.9 Å². The first kappa shape index (κ1) is 31.0. The molecule has 0 bridgehead atoms. The molecule has 8 nitrogen and oxygen atoms in total. The lowest BCUT2D eigenvalue weighted by molar-refractivity contribution is -0.141. The molecule has 0 radical (unpaired) electrons. The Labute approximate surface area is 257 Å². The number of hydrogen-bond acceptors (Lipinski definition) is 5. The number of aryl methyl sites for hydroxylation is 1. The molecule has 4 aromatic rings. The Hall–Kier alpha value is -4.41. The third-order valence-corrected chi connectivity index (χ3v) is 9.64. The van der Waals surface area contributed by atoms with Crippen LogP contribution >= 0.6 is 0 Å². The van der Waals surface area contributed by atoms with Crippen LogP contribution in [0.1, 0.15) is 47.6 Å². The standard InChI is InChI=1S/C34H35FN4O4S/c35-30-13-8-28(9-14-30)25-39(33(29-6-2-1-3-7-29)34(41)37-24-27-18-20-36-21-19-27)32(40)17-12-26-10-15-31(16-11-26)44(42,43)38-22-4-5-23-38/h1-3,6-11,13-16,18-21,33H,4-5,12,17,22-25H2,(H,37,41)/t33-/m0/s1. The van der Waals surface area contributed by atoms with Crippen molar-refractivity contribution in [2.75, 3.05) is 13.1 Å². The molecule has 5 rings (SSSR count). The van der Waals surface area contributed by atoms with Crippen LogP contribution in [-0.2, 0) is 39.1 Å². The maximum Gasteiger partial charge on any atom is 0.247 e. The number of amides is 2. The molecule has 3 aromatic carbocycles. The smallest absolute Gasteiger partial charge is 0.247 e. The fraction of sp³-hybridized carbons (Fsp3) is 0.265. The van der Waals surface area contributed by atoms with Crippen LogP contribution in [0.4, 0.5) is 4.39 Å². The summed E-state index contributed by atoms with van der Waals surface area (Å²) in [6.07, 6.45) is 5.45. The summed E-state index contributed by atoms with van der Waals surface area (Å²) in [5.74, 6) is -1.01. The Morgan fingerprint density at radius 3 is 2.14 bits per heavy atom. The summed E-state index contributed by atoms with van der Waals surface area (Å²) in [6, 6.07) is 24.3. The molecular formula is C34H35FN4O4S. The predicted molar refractivity (Wildman–Crippen MR) is 165 cm³/mol. The van der Waals surface area contributed by atoms with Crippen LogP contribution in [0.25, 0.3) is 0 Å². The van der Waals surface area contributed by atoms with Gasteiger partial charge >= 0.3 is 0 Å². The fourth-order valence-electron chi connectivity index (χ4n) is 5.31. The monoisotopic (exact) mass is 614 g/mol. The lowest BCUT2D eigenvalue weighted by Crippen LogP contribution is -2.43. The van der Waals surface area contributed by atoms with Gasteiger partial charge in [0.2, 0.25) is 21.8 Å². The summed E-state index contributed by atoms with van der Waals surface area (Å²) in [6.45, 7) is 1.41. The molecule has 1 aliphatic heterocycles. The number of nitrogens with zero attached hydrogens (tertiary/aromatic N) is 3. The van der Waals surface area contributed by atoms with Crippen molar-refractivity contribution in [1.29, 1.82) is 0 Å². The molecule has 1 N–H and O–H groups in total. The van der Waals surface area contributed by atoms with Crippen LogP contribution < -0.4 is 5.32 Å². The quantitative estimate of drug-likeness (QED) is 0.242. The van der Waals surface area contributed by atoms with E-state index in [4.69, 9.17) is 0 Å². The van der Waals surface area contributed by atoms with E-state index in [1.165, 1.54) is 21.3 Å². The lowest BCUT2D eigenvalue weighted by atomic mass is 10.0. The number of pyridine rings is 1. The second-order valence-corrected chi connectivity index (χ2v) is 12.7. The minimum Gasteiger partial charge on any atom is -0.350 e. The topological polar surface area (TPSA) is 99.7 Å². The van der Waals surface area contributed by atoms with Crippen molar-refractivity contribution in [1.82, 2.24) is 19.5 Å². The first-order chi connectivity index (χ1) is 21.3. The van der Waals surface area contributed by atoms with E-state index in [0.29, 0.717) is 30.6 Å². The summed E-state index contributed by atoms with van der Waals surface area (Å²) in [5, 5.41) is 2.96. The molecule has 228 valence electrons. The molecule has 44 heavy (non-hydrogen) atoms. The van der Waals surface area contributed by atoms with Gasteiger partial charge < -0.3 is 10.2 Å². The zero-order valence-corrected chi connectivity index (χ0v) is 25.1. The Kier molecular flexibility index (Phi) is 10.1. The van der Waals surface area contributed by atoms with E-state index in [-0.39, 0.29) is 36.2 Å². The van der Waals surface area contributed by atoms with Gasteiger partial charge in [-0.15, -0.1) is 0 Å². The van der Waals surface area contributed by atoms with Crippen molar-refractivity contribution in [2.45, 2.75) is 49.7 Å². The highest BCUT2D eigenvalue weighted by molar-refractivity contribution is 7.89. The Morgan fingerprint density at radius 2 is 1.48 bits per heavy atom. The number of halogens is 1. The van der Waals surface area contributed by atoms with Crippen LogP contribution in [0.15, 0.2) is 108 Å². The number of aromatic nitrogens is 1. The fourth-order valence-corrected chi connectivity index (χ4v) is 6.82. The summed E-state index contributed by atoms with van der Waals surface area (Å²) >= 11 is 0. The van der Waals surface area contributed by atoms with Crippen LogP contribution in [0.3, 0.4) is 0 Å². The average Bonchev–Trinajstić information content (AvgIpc) is 3.61. The van der Waals surface area contributed by atoms with E-state index in [9.17, 15) is 22.4 Å². The second-order valence-electron chi connectivity index (χ2n) is 10.8. The van der Waals surface area contributed by atoms with Gasteiger partial charge in [-0.05, 0) is 77.9 Å². The van der Waals surface area contributed by atoms with Gasteiger partial charge in [0.05, 0.1) is 4.90 Å². The Morgan fingerprint density at radius 1 is 0.841 bits per heavy atom. The van der Waals surface area contributed by atoms with Crippen LogP contribution in [-0.4, -0.2) is 47.5 Å². The maximum atomic E-state index is 13.9. The summed E-state index contributed by atoms with van der Waals surface area (Å²) in [7, 11) is -3.53. The Bertz CT molecular complexity index is 1650. The van der Waals surface area contributed by atoms with E-state index in [1.54, 1.807) is 73.1 Å². The molecule has 1 aliphatic rings. The highest BCUT2D eigenvalue weighted by Gasteiger charge is 2.31. The molecule has 1 saturated heterocycles. The minimum absolute atomic E-state index is 0.0837. The number of carbonyl (C=O) groups is 2. The second kappa shape index (κ2) is 14.4. The van der Waals surface area contributed by atoms with E-state index < -0.39 is 21.9 Å². The third kappa shape index (κ3) is 7.75. The van der Waals surface area contributed by atoms with E-state index in [0.717, 1.165) is 24.0 Å². The molecule has 1 aromatic heterocycles. The molecule has 1 fully saturated rings. The number of benzene rings is 3. The van der Waals surface area contributed by atoms with Crippen molar-refractivity contribution in [3.63, 3.8) is 0 Å². The molecule has 1 atom stereocenters. The van der Waals surface area contributed by atoms with E-state index >= 15 is 0 Å². The number of carbonyl (C=O) groups excluding carboxylic acids is 2. The lowest BCUT2D eigenvalue weighted by Gasteiger charge is -2.32. The van der Waals surface area contributed by atoms with Gasteiger partial charge in [-0.3, -0.25) is 14.6 Å². The molecule has 0 unspecified atom stereocenters. The SMILES string of the molecule is O=C(NCc1ccncc1)[C@H](c1ccccc1)N(Cc1ccc(F)cc1)C(=O)CCc1ccc(S(=O)(=O)N2CCCC2)cc1. The van der Waals surface area contributed by atoms with Crippen molar-refractivity contribution in [3.8, 4) is 0 Å². The van der Waals surface area contributed by atoms with E-state index in [1.807, 2.05) is 18.2 Å². The number of hydrogen-bond donors (Lipinski definition) is 1. The van der Waals surface area contributed by atoms with E-state index in [2.05, 4.69) is 10.3 Å². The average molecular weight is 615 g/mol.